The van der Waals surface area contributed by atoms with Crippen molar-refractivity contribution in [1.82, 2.24) is 13.8 Å². The van der Waals surface area contributed by atoms with Crippen molar-refractivity contribution in [1.29, 1.82) is 0 Å². The van der Waals surface area contributed by atoms with E-state index in [4.69, 9.17) is 4.74 Å². The number of ether oxygens (including phenoxy) is 1. The molecule has 1 saturated heterocycles. The van der Waals surface area contributed by atoms with Crippen molar-refractivity contribution < 1.29 is 9.53 Å². The van der Waals surface area contributed by atoms with Gasteiger partial charge < -0.3 is 9.64 Å². The first kappa shape index (κ1) is 26.6. The third kappa shape index (κ3) is 6.19. The van der Waals surface area contributed by atoms with Gasteiger partial charge in [-0.25, -0.2) is 0 Å². The molecular formula is C32H39N3O2S. The van der Waals surface area contributed by atoms with Gasteiger partial charge >= 0.3 is 0 Å². The molecule has 0 N–H and O–H groups in total. The van der Waals surface area contributed by atoms with E-state index in [-0.39, 0.29) is 11.9 Å². The van der Waals surface area contributed by atoms with E-state index in [1.807, 2.05) is 41.1 Å². The van der Waals surface area contributed by atoms with Crippen LogP contribution in [0.2, 0.25) is 0 Å². The van der Waals surface area contributed by atoms with Crippen LogP contribution < -0.4 is 4.74 Å². The fraction of sp³-hybridized carbons (Fsp3) is 0.406. The summed E-state index contributed by atoms with van der Waals surface area (Å²) in [6, 6.07) is 10.7. The Balaban J connectivity index is 1.20. The van der Waals surface area contributed by atoms with Gasteiger partial charge in [0.2, 0.25) is 0 Å². The highest BCUT2D eigenvalue weighted by atomic mass is 32.2. The zero-order chi connectivity index (χ0) is 26.3. The zero-order valence-corrected chi connectivity index (χ0v) is 23.1. The Bertz CT molecular complexity index is 1210. The van der Waals surface area contributed by atoms with Crippen LogP contribution in [0.3, 0.4) is 0 Å². The number of piperidine rings is 1. The van der Waals surface area contributed by atoms with Crippen LogP contribution in [0.5, 0.6) is 5.75 Å². The second kappa shape index (κ2) is 12.7. The molecule has 3 heterocycles. The number of likely N-dealkylation sites (tertiary alicyclic amines) is 1. The molecule has 0 spiro atoms. The maximum absolute atomic E-state index is 13.0. The third-order valence-corrected chi connectivity index (χ3v) is 8.83. The predicted octanol–water partition coefficient (Wildman–Crippen LogP) is 7.13. The number of hydrogen-bond acceptors (Lipinski definition) is 4. The Morgan fingerprint density at radius 2 is 2.11 bits per heavy atom. The second-order valence-electron chi connectivity index (χ2n) is 10.4. The van der Waals surface area contributed by atoms with Gasteiger partial charge in [0.25, 0.3) is 5.91 Å². The highest BCUT2D eigenvalue weighted by Crippen LogP contribution is 2.31. The third-order valence-electron chi connectivity index (χ3n) is 7.76. The fourth-order valence-corrected chi connectivity index (χ4v) is 6.55. The maximum atomic E-state index is 13.0. The maximum Gasteiger partial charge on any atom is 0.255 e. The number of amides is 1. The molecule has 0 saturated carbocycles. The fourth-order valence-electron chi connectivity index (χ4n) is 5.61. The molecule has 0 bridgehead atoms. The highest BCUT2D eigenvalue weighted by Gasteiger charge is 2.31. The molecule has 5 rings (SSSR count). The molecule has 5 nitrogen and oxygen atoms in total. The molecule has 38 heavy (non-hydrogen) atoms. The first-order valence-electron chi connectivity index (χ1n) is 13.9. The molecule has 1 fully saturated rings. The quantitative estimate of drug-likeness (QED) is 0.274. The molecule has 1 aliphatic carbocycles. The van der Waals surface area contributed by atoms with E-state index >= 15 is 0 Å². The molecule has 0 radical (unpaired) electrons. The van der Waals surface area contributed by atoms with E-state index in [1.165, 1.54) is 23.4 Å². The lowest BCUT2D eigenvalue weighted by Crippen LogP contribution is -2.42. The summed E-state index contributed by atoms with van der Waals surface area (Å²) in [7, 11) is 0. The summed E-state index contributed by atoms with van der Waals surface area (Å²) in [5.41, 5.74) is 3.15. The first-order chi connectivity index (χ1) is 18.7. The van der Waals surface area contributed by atoms with Gasteiger partial charge in [0, 0.05) is 41.5 Å². The summed E-state index contributed by atoms with van der Waals surface area (Å²) >= 11 is 1.81. The van der Waals surface area contributed by atoms with Crippen LogP contribution in [-0.4, -0.2) is 44.9 Å². The van der Waals surface area contributed by atoms with E-state index in [1.54, 1.807) is 0 Å². The standard InChI is InChI=1S/C32H39N3O2S/c1-3-5-12-26(4-2)34-22-25-21-29(17-18-31(25)32(34)36)37-24-28-13-9-10-19-33(28)23-27-14-11-20-35(27)38-30-15-7-6-8-16-30/h3-4,7,11,14-18,20-21,26,28H,1-2,5-6,8-10,12-13,19,22-24H2. The summed E-state index contributed by atoms with van der Waals surface area (Å²) in [6.07, 6.45) is 20.3. The Labute approximate surface area is 231 Å². The normalized spacial score (nSPS) is 20.2. The average Bonchev–Trinajstić information content (AvgIpc) is 3.52. The lowest BCUT2D eigenvalue weighted by molar-refractivity contribution is 0.0731. The van der Waals surface area contributed by atoms with Crippen LogP contribution in [-0.2, 0) is 13.1 Å². The van der Waals surface area contributed by atoms with Gasteiger partial charge in [-0.05, 0) is 92.9 Å². The number of carbonyl (C=O) groups excluding carboxylic acids is 1. The van der Waals surface area contributed by atoms with Crippen molar-refractivity contribution >= 4 is 17.9 Å². The number of benzene rings is 1. The van der Waals surface area contributed by atoms with Crippen LogP contribution in [0.4, 0.5) is 0 Å². The molecule has 2 aromatic rings. The van der Waals surface area contributed by atoms with Gasteiger partial charge in [-0.2, -0.15) is 0 Å². The largest absolute Gasteiger partial charge is 0.492 e. The molecule has 1 amide bonds. The SMILES string of the molecule is C=CCCC(C=C)N1Cc2cc(OCC3CCCCN3Cc3cccn3SC3=CCCC=C3)ccc2C1=O. The summed E-state index contributed by atoms with van der Waals surface area (Å²) in [5, 5.41) is 0. The summed E-state index contributed by atoms with van der Waals surface area (Å²) in [6.45, 7) is 11.0. The zero-order valence-electron chi connectivity index (χ0n) is 22.3. The van der Waals surface area contributed by atoms with Gasteiger partial charge in [0.05, 0.1) is 6.04 Å². The molecule has 6 heteroatoms. The molecule has 200 valence electrons. The lowest BCUT2D eigenvalue weighted by atomic mass is 10.0. The van der Waals surface area contributed by atoms with E-state index in [2.05, 4.69) is 64.7 Å². The number of carbonyl (C=O) groups is 1. The van der Waals surface area contributed by atoms with Crippen molar-refractivity contribution in [3.63, 3.8) is 0 Å². The molecule has 3 aliphatic rings. The molecule has 2 atom stereocenters. The summed E-state index contributed by atoms with van der Waals surface area (Å²) in [5.74, 6) is 0.930. The molecule has 1 aromatic carbocycles. The Hall–Kier alpha value is -2.96. The minimum atomic E-state index is 0.0237. The lowest BCUT2D eigenvalue weighted by Gasteiger charge is -2.35. The number of fused-ring (bicyclic) bond motifs is 1. The topological polar surface area (TPSA) is 37.7 Å². The highest BCUT2D eigenvalue weighted by molar-refractivity contribution is 8.01. The minimum absolute atomic E-state index is 0.0237. The van der Waals surface area contributed by atoms with Crippen LogP contribution in [0.15, 0.2) is 85.0 Å². The van der Waals surface area contributed by atoms with Crippen molar-refractivity contribution in [2.75, 3.05) is 13.2 Å². The van der Waals surface area contributed by atoms with Crippen molar-refractivity contribution in [3.05, 3.63) is 102 Å². The Kier molecular flexibility index (Phi) is 8.92. The Morgan fingerprint density at radius 1 is 1.18 bits per heavy atom. The second-order valence-corrected chi connectivity index (χ2v) is 11.4. The van der Waals surface area contributed by atoms with Gasteiger partial charge in [-0.3, -0.25) is 13.7 Å². The number of hydrogen-bond donors (Lipinski definition) is 0. The van der Waals surface area contributed by atoms with Crippen molar-refractivity contribution in [2.24, 2.45) is 0 Å². The van der Waals surface area contributed by atoms with E-state index in [0.29, 0.717) is 19.2 Å². The molecule has 2 aliphatic heterocycles. The van der Waals surface area contributed by atoms with E-state index < -0.39 is 0 Å². The van der Waals surface area contributed by atoms with Crippen LogP contribution >= 0.6 is 11.9 Å². The van der Waals surface area contributed by atoms with Crippen LogP contribution in [0.1, 0.15) is 66.6 Å². The van der Waals surface area contributed by atoms with Crippen LogP contribution in [0.25, 0.3) is 0 Å². The van der Waals surface area contributed by atoms with Gasteiger partial charge in [0.1, 0.15) is 12.4 Å². The van der Waals surface area contributed by atoms with Gasteiger partial charge in [-0.1, -0.05) is 36.8 Å². The van der Waals surface area contributed by atoms with Gasteiger partial charge in [-0.15, -0.1) is 13.2 Å². The molecule has 2 unspecified atom stereocenters. The Morgan fingerprint density at radius 3 is 2.92 bits per heavy atom. The minimum Gasteiger partial charge on any atom is -0.492 e. The first-order valence-corrected chi connectivity index (χ1v) is 14.7. The van der Waals surface area contributed by atoms with Crippen molar-refractivity contribution in [3.8, 4) is 5.75 Å². The molecular weight excluding hydrogens is 490 g/mol. The monoisotopic (exact) mass is 529 g/mol. The number of aromatic nitrogens is 1. The van der Waals surface area contributed by atoms with E-state index in [0.717, 1.165) is 62.1 Å². The van der Waals surface area contributed by atoms with Gasteiger partial charge in [0.15, 0.2) is 0 Å². The number of rotatable bonds is 12. The van der Waals surface area contributed by atoms with Crippen LogP contribution in [0, 0.1) is 0 Å². The summed E-state index contributed by atoms with van der Waals surface area (Å²) in [4.78, 5) is 18.8. The number of nitrogens with zero attached hydrogens (tertiary/aromatic N) is 3. The summed E-state index contributed by atoms with van der Waals surface area (Å²) < 4.78 is 8.67. The van der Waals surface area contributed by atoms with Crippen molar-refractivity contribution in [2.45, 2.75) is 70.1 Å². The predicted molar refractivity (Wildman–Crippen MR) is 157 cm³/mol. The smallest absolute Gasteiger partial charge is 0.255 e. The van der Waals surface area contributed by atoms with E-state index in [9.17, 15) is 4.79 Å². The number of allylic oxidation sites excluding steroid dienone is 4. The molecule has 1 aromatic heterocycles. The average molecular weight is 530 g/mol.